The van der Waals surface area contributed by atoms with Crippen LogP contribution in [0, 0.1) is 0 Å². The van der Waals surface area contributed by atoms with Crippen LogP contribution in [0.3, 0.4) is 0 Å². The number of aliphatic carboxylic acids is 1. The van der Waals surface area contributed by atoms with E-state index in [-0.39, 0.29) is 5.56 Å². The fraction of sp³-hybridized carbons (Fsp3) is 0.231. The number of carboxylic acid groups (broad SMARTS) is 2. The monoisotopic (exact) mass is 447 g/mol. The molecule has 1 aliphatic carbocycles. The number of hydrogen-bond donors (Lipinski definition) is 3. The zero-order valence-electron chi connectivity index (χ0n) is 18.2. The minimum absolute atomic E-state index is 0.229. The number of anilines is 1. The van der Waals surface area contributed by atoms with E-state index in [4.69, 9.17) is 14.6 Å². The second-order valence-corrected chi connectivity index (χ2v) is 8.10. The number of carboxylic acids is 2. The van der Waals surface area contributed by atoms with Gasteiger partial charge in [-0.05, 0) is 41.0 Å². The Hall–Kier alpha value is -4.00. The van der Waals surface area contributed by atoms with E-state index >= 15 is 0 Å². The van der Waals surface area contributed by atoms with E-state index in [2.05, 4.69) is 5.32 Å². The summed E-state index contributed by atoms with van der Waals surface area (Å²) in [7, 11) is 1.54. The molecule has 0 amide bonds. The first-order valence-electron chi connectivity index (χ1n) is 10.6. The maximum Gasteiger partial charge on any atom is 0.335 e. The van der Waals surface area contributed by atoms with Gasteiger partial charge in [-0.3, -0.25) is 0 Å². The summed E-state index contributed by atoms with van der Waals surface area (Å²) in [5, 5.41) is 22.4. The first kappa shape index (κ1) is 22.2. The number of benzene rings is 3. The number of ether oxygens (including phenoxy) is 2. The van der Waals surface area contributed by atoms with Gasteiger partial charge in [-0.15, -0.1) is 0 Å². The Morgan fingerprint density at radius 3 is 2.30 bits per heavy atom. The van der Waals surface area contributed by atoms with E-state index in [9.17, 15) is 14.7 Å². The Kier molecular flexibility index (Phi) is 6.22. The number of nitrogens with one attached hydrogen (secondary N) is 1. The largest absolute Gasteiger partial charge is 0.493 e. The summed E-state index contributed by atoms with van der Waals surface area (Å²) >= 11 is 0. The zero-order chi connectivity index (χ0) is 23.4. The van der Waals surface area contributed by atoms with Gasteiger partial charge < -0.3 is 25.0 Å². The summed E-state index contributed by atoms with van der Waals surface area (Å²) in [5.74, 6) is -0.873. The van der Waals surface area contributed by atoms with E-state index in [0.29, 0.717) is 43.1 Å². The molecule has 3 aromatic rings. The Labute approximate surface area is 191 Å². The van der Waals surface area contributed by atoms with Crippen LogP contribution in [0.4, 0.5) is 5.69 Å². The predicted octanol–water partition coefficient (Wildman–Crippen LogP) is 4.05. The third kappa shape index (κ3) is 4.77. The van der Waals surface area contributed by atoms with E-state index in [1.807, 2.05) is 30.3 Å². The van der Waals surface area contributed by atoms with Crippen LogP contribution >= 0.6 is 0 Å². The van der Waals surface area contributed by atoms with Crippen LogP contribution in [0.1, 0.15) is 27.0 Å². The highest BCUT2D eigenvalue weighted by molar-refractivity contribution is 5.87. The Morgan fingerprint density at radius 1 is 0.939 bits per heavy atom. The smallest absolute Gasteiger partial charge is 0.335 e. The topological polar surface area (TPSA) is 105 Å². The van der Waals surface area contributed by atoms with Crippen LogP contribution in [-0.4, -0.2) is 41.4 Å². The molecule has 0 unspecified atom stereocenters. The maximum absolute atomic E-state index is 12.2. The Bertz CT molecular complexity index is 1160. The summed E-state index contributed by atoms with van der Waals surface area (Å²) in [6, 6.07) is 19.7. The molecule has 0 bridgehead atoms. The van der Waals surface area contributed by atoms with Crippen LogP contribution in [0.15, 0.2) is 66.7 Å². The van der Waals surface area contributed by atoms with Gasteiger partial charge in [-0.2, -0.15) is 0 Å². The SMILES string of the molecule is COc1ccc(NC2(C(=O)O)Cc3ccccc3C2)cc1OCCc1cccc(C(=O)O)c1. The van der Waals surface area contributed by atoms with E-state index in [1.54, 1.807) is 36.4 Å². The third-order valence-electron chi connectivity index (χ3n) is 5.88. The number of hydrogen-bond acceptors (Lipinski definition) is 5. The molecule has 3 aromatic carbocycles. The van der Waals surface area contributed by atoms with E-state index < -0.39 is 17.5 Å². The first-order valence-corrected chi connectivity index (χ1v) is 10.6. The minimum atomic E-state index is -1.13. The fourth-order valence-corrected chi connectivity index (χ4v) is 4.19. The molecule has 0 spiro atoms. The summed E-state index contributed by atoms with van der Waals surface area (Å²) in [5.41, 5.74) is 2.62. The Balaban J connectivity index is 1.49. The van der Waals surface area contributed by atoms with Gasteiger partial charge in [0.15, 0.2) is 11.5 Å². The summed E-state index contributed by atoms with van der Waals surface area (Å²) in [4.78, 5) is 23.4. The van der Waals surface area contributed by atoms with Gasteiger partial charge in [-0.25, -0.2) is 9.59 Å². The molecule has 3 N–H and O–H groups in total. The number of aromatic carboxylic acids is 1. The first-order chi connectivity index (χ1) is 15.9. The van der Waals surface area contributed by atoms with Crippen LogP contribution in [0.5, 0.6) is 11.5 Å². The quantitative estimate of drug-likeness (QED) is 0.454. The van der Waals surface area contributed by atoms with Crippen molar-refractivity contribution in [2.24, 2.45) is 0 Å². The number of fused-ring (bicyclic) bond motifs is 1. The standard InChI is InChI=1S/C26H25NO6/c1-32-22-10-9-21(27-26(25(30)31)15-19-6-2-3-7-20(19)16-26)14-23(22)33-12-11-17-5-4-8-18(13-17)24(28)29/h2-10,13-14,27H,11-12,15-16H2,1H3,(H,28,29)(H,30,31). The molecular formula is C26H25NO6. The van der Waals surface area contributed by atoms with Gasteiger partial charge in [0.25, 0.3) is 0 Å². The molecule has 0 atom stereocenters. The molecule has 1 aliphatic rings. The van der Waals surface area contributed by atoms with E-state index in [0.717, 1.165) is 16.7 Å². The molecule has 0 aliphatic heterocycles. The lowest BCUT2D eigenvalue weighted by molar-refractivity contribution is -0.142. The van der Waals surface area contributed by atoms with Crippen molar-refractivity contribution in [3.05, 3.63) is 89.0 Å². The van der Waals surface area contributed by atoms with Crippen molar-refractivity contribution in [1.29, 1.82) is 0 Å². The van der Waals surface area contributed by atoms with Gasteiger partial charge in [0, 0.05) is 31.0 Å². The van der Waals surface area contributed by atoms with Crippen LogP contribution < -0.4 is 14.8 Å². The normalized spacial score (nSPS) is 13.7. The predicted molar refractivity (Wildman–Crippen MR) is 123 cm³/mol. The second kappa shape index (κ2) is 9.24. The van der Waals surface area contributed by atoms with Gasteiger partial charge in [0.05, 0.1) is 19.3 Å². The minimum Gasteiger partial charge on any atom is -0.493 e. The maximum atomic E-state index is 12.2. The molecular weight excluding hydrogens is 422 g/mol. The van der Waals surface area contributed by atoms with Gasteiger partial charge >= 0.3 is 11.9 Å². The molecule has 0 saturated heterocycles. The van der Waals surface area contributed by atoms with Crippen LogP contribution in [0.25, 0.3) is 0 Å². The molecule has 7 nitrogen and oxygen atoms in total. The number of methoxy groups -OCH3 is 1. The highest BCUT2D eigenvalue weighted by Gasteiger charge is 2.44. The molecule has 7 heteroatoms. The highest BCUT2D eigenvalue weighted by atomic mass is 16.5. The van der Waals surface area contributed by atoms with Crippen LogP contribution in [-0.2, 0) is 24.1 Å². The second-order valence-electron chi connectivity index (χ2n) is 8.10. The van der Waals surface area contributed by atoms with Crippen molar-refractivity contribution in [3.8, 4) is 11.5 Å². The fourth-order valence-electron chi connectivity index (χ4n) is 4.19. The van der Waals surface area contributed by atoms with Gasteiger partial charge in [-0.1, -0.05) is 36.4 Å². The van der Waals surface area contributed by atoms with Crippen molar-refractivity contribution < 1.29 is 29.3 Å². The molecule has 170 valence electrons. The average Bonchev–Trinajstić information content (AvgIpc) is 3.19. The average molecular weight is 447 g/mol. The lowest BCUT2D eigenvalue weighted by atomic mass is 9.95. The van der Waals surface area contributed by atoms with E-state index in [1.165, 1.54) is 7.11 Å². The summed E-state index contributed by atoms with van der Waals surface area (Å²) in [6.07, 6.45) is 1.29. The highest BCUT2D eigenvalue weighted by Crippen LogP contribution is 2.36. The molecule has 0 heterocycles. The van der Waals surface area contributed by atoms with Crippen molar-refractivity contribution >= 4 is 17.6 Å². The molecule has 33 heavy (non-hydrogen) atoms. The molecule has 0 radical (unpaired) electrons. The number of rotatable bonds is 9. The Morgan fingerprint density at radius 2 is 1.67 bits per heavy atom. The van der Waals surface area contributed by atoms with Crippen molar-refractivity contribution in [3.63, 3.8) is 0 Å². The van der Waals surface area contributed by atoms with Crippen molar-refractivity contribution in [1.82, 2.24) is 0 Å². The van der Waals surface area contributed by atoms with Crippen molar-refractivity contribution in [2.45, 2.75) is 24.8 Å². The van der Waals surface area contributed by atoms with Crippen LogP contribution in [0.2, 0.25) is 0 Å². The zero-order valence-corrected chi connectivity index (χ0v) is 18.2. The summed E-state index contributed by atoms with van der Waals surface area (Å²) < 4.78 is 11.3. The molecule has 0 saturated carbocycles. The lowest BCUT2D eigenvalue weighted by Crippen LogP contribution is -2.47. The summed E-state index contributed by atoms with van der Waals surface area (Å²) in [6.45, 7) is 0.304. The molecule has 0 fully saturated rings. The van der Waals surface area contributed by atoms with Crippen molar-refractivity contribution in [2.75, 3.05) is 19.0 Å². The van der Waals surface area contributed by atoms with Gasteiger partial charge in [0.1, 0.15) is 5.54 Å². The van der Waals surface area contributed by atoms with Gasteiger partial charge in [0.2, 0.25) is 0 Å². The molecule has 4 rings (SSSR count). The lowest BCUT2D eigenvalue weighted by Gasteiger charge is -2.27. The number of carbonyl (C=O) groups is 2. The third-order valence-corrected chi connectivity index (χ3v) is 5.88. The molecule has 0 aromatic heterocycles.